The zero-order valence-corrected chi connectivity index (χ0v) is 15.5. The van der Waals surface area contributed by atoms with Gasteiger partial charge in [-0.15, -0.1) is 11.3 Å². The molecule has 0 radical (unpaired) electrons. The van der Waals surface area contributed by atoms with Gasteiger partial charge in [-0.1, -0.05) is 18.2 Å². The Bertz CT molecular complexity index is 768. The molecule has 0 aliphatic rings. The second kappa shape index (κ2) is 8.58. The fourth-order valence-electron chi connectivity index (χ4n) is 2.48. The zero-order valence-electron chi connectivity index (χ0n) is 14.7. The molecule has 25 heavy (non-hydrogen) atoms. The minimum absolute atomic E-state index is 0.0302. The van der Waals surface area contributed by atoms with Crippen molar-refractivity contribution in [3.63, 3.8) is 0 Å². The highest BCUT2D eigenvalue weighted by atomic mass is 32.1. The van der Waals surface area contributed by atoms with E-state index in [-0.39, 0.29) is 37.0 Å². The van der Waals surface area contributed by atoms with Crippen LogP contribution in [0.2, 0.25) is 0 Å². The lowest BCUT2D eigenvalue weighted by Crippen LogP contribution is -2.35. The second-order valence-electron chi connectivity index (χ2n) is 5.91. The summed E-state index contributed by atoms with van der Waals surface area (Å²) in [4.78, 5) is 39.7. The van der Waals surface area contributed by atoms with E-state index < -0.39 is 0 Å². The van der Waals surface area contributed by atoms with E-state index in [0.29, 0.717) is 11.3 Å². The molecule has 0 aliphatic carbocycles. The lowest BCUT2D eigenvalue weighted by molar-refractivity contribution is -0.133. The van der Waals surface area contributed by atoms with Crippen molar-refractivity contribution >= 4 is 34.6 Å². The molecule has 132 valence electrons. The molecule has 2 aromatic rings. The fourth-order valence-corrected chi connectivity index (χ4v) is 3.42. The molecule has 0 spiro atoms. The van der Waals surface area contributed by atoms with Crippen LogP contribution < -0.4 is 5.32 Å². The SMILES string of the molecule is Cc1cc(C(=O)CCC(=O)N(C)CC(=O)Nc2ccccc2)c(C)s1. The molecule has 0 saturated carbocycles. The molecule has 0 fully saturated rings. The Morgan fingerprint density at radius 3 is 2.36 bits per heavy atom. The largest absolute Gasteiger partial charge is 0.336 e. The molecule has 0 aliphatic heterocycles. The van der Waals surface area contributed by atoms with Crippen LogP contribution in [0.25, 0.3) is 0 Å². The van der Waals surface area contributed by atoms with Gasteiger partial charge in [-0.25, -0.2) is 0 Å². The van der Waals surface area contributed by atoms with Gasteiger partial charge in [0, 0.05) is 40.9 Å². The third kappa shape index (κ3) is 5.53. The van der Waals surface area contributed by atoms with E-state index in [0.717, 1.165) is 9.75 Å². The number of ketones is 1. The Labute approximate surface area is 151 Å². The Hall–Kier alpha value is -2.47. The first kappa shape index (κ1) is 18.9. The number of carbonyl (C=O) groups is 3. The molecular formula is C19H22N2O3S. The predicted molar refractivity (Wildman–Crippen MR) is 100 cm³/mol. The quantitative estimate of drug-likeness (QED) is 0.771. The summed E-state index contributed by atoms with van der Waals surface area (Å²) in [6.45, 7) is 3.82. The van der Waals surface area contributed by atoms with Crippen LogP contribution in [0.15, 0.2) is 36.4 Å². The lowest BCUT2D eigenvalue weighted by Gasteiger charge is -2.16. The van der Waals surface area contributed by atoms with Crippen molar-refractivity contribution in [3.8, 4) is 0 Å². The van der Waals surface area contributed by atoms with Crippen molar-refractivity contribution in [2.45, 2.75) is 26.7 Å². The van der Waals surface area contributed by atoms with Crippen LogP contribution in [0.1, 0.15) is 33.0 Å². The normalized spacial score (nSPS) is 10.4. The molecule has 2 rings (SSSR count). The molecule has 1 N–H and O–H groups in total. The van der Waals surface area contributed by atoms with Crippen molar-refractivity contribution in [2.75, 3.05) is 18.9 Å². The number of Topliss-reactive ketones (excluding diaryl/α,β-unsaturated/α-hetero) is 1. The minimum Gasteiger partial charge on any atom is -0.336 e. The number of nitrogens with one attached hydrogen (secondary N) is 1. The molecule has 0 unspecified atom stereocenters. The highest BCUT2D eigenvalue weighted by molar-refractivity contribution is 7.12. The first-order chi connectivity index (χ1) is 11.9. The smallest absolute Gasteiger partial charge is 0.243 e. The van der Waals surface area contributed by atoms with Crippen LogP contribution in [-0.4, -0.2) is 36.1 Å². The van der Waals surface area contributed by atoms with Crippen molar-refractivity contribution in [1.29, 1.82) is 0 Å². The molecule has 1 aromatic carbocycles. The topological polar surface area (TPSA) is 66.5 Å². The van der Waals surface area contributed by atoms with Gasteiger partial charge in [0.2, 0.25) is 11.8 Å². The number of thiophene rings is 1. The van der Waals surface area contributed by atoms with Gasteiger partial charge < -0.3 is 10.2 Å². The van der Waals surface area contributed by atoms with Gasteiger partial charge in [0.1, 0.15) is 0 Å². The highest BCUT2D eigenvalue weighted by Gasteiger charge is 2.17. The number of carbonyl (C=O) groups excluding carboxylic acids is 3. The average molecular weight is 358 g/mol. The second-order valence-corrected chi connectivity index (χ2v) is 7.37. The number of nitrogens with zero attached hydrogens (tertiary/aromatic N) is 1. The van der Waals surface area contributed by atoms with Crippen molar-refractivity contribution in [1.82, 2.24) is 4.90 Å². The number of benzene rings is 1. The van der Waals surface area contributed by atoms with Crippen LogP contribution in [-0.2, 0) is 9.59 Å². The van der Waals surface area contributed by atoms with Crippen molar-refractivity contribution in [3.05, 3.63) is 51.7 Å². The Morgan fingerprint density at radius 1 is 1.08 bits per heavy atom. The first-order valence-corrected chi connectivity index (χ1v) is 8.87. The standard InChI is InChI=1S/C19H22N2O3S/c1-13-11-16(14(2)25-13)17(22)9-10-19(24)21(3)12-18(23)20-15-7-5-4-6-8-15/h4-8,11H,9-10,12H2,1-3H3,(H,20,23). The Morgan fingerprint density at radius 2 is 1.76 bits per heavy atom. The molecular weight excluding hydrogens is 336 g/mol. The Balaban J connectivity index is 1.81. The van der Waals surface area contributed by atoms with Crippen LogP contribution in [0.5, 0.6) is 0 Å². The molecule has 6 heteroatoms. The van der Waals surface area contributed by atoms with Crippen molar-refractivity contribution in [2.24, 2.45) is 0 Å². The maximum absolute atomic E-state index is 12.2. The van der Waals surface area contributed by atoms with E-state index in [1.165, 1.54) is 4.90 Å². The Kier molecular flexibility index (Phi) is 6.47. The molecule has 2 amide bonds. The number of hydrogen-bond donors (Lipinski definition) is 1. The highest BCUT2D eigenvalue weighted by Crippen LogP contribution is 2.22. The third-order valence-electron chi connectivity index (χ3n) is 3.77. The van der Waals surface area contributed by atoms with E-state index in [1.807, 2.05) is 38.1 Å². The lowest BCUT2D eigenvalue weighted by atomic mass is 10.1. The van der Waals surface area contributed by atoms with Gasteiger partial charge in [0.15, 0.2) is 5.78 Å². The minimum atomic E-state index is -0.266. The van der Waals surface area contributed by atoms with E-state index >= 15 is 0 Å². The molecule has 0 saturated heterocycles. The summed E-state index contributed by atoms with van der Waals surface area (Å²) in [5, 5.41) is 2.73. The monoisotopic (exact) mass is 358 g/mol. The molecule has 0 atom stereocenters. The summed E-state index contributed by atoms with van der Waals surface area (Å²) < 4.78 is 0. The number of para-hydroxylation sites is 1. The number of hydrogen-bond acceptors (Lipinski definition) is 4. The van der Waals surface area contributed by atoms with Crippen LogP contribution in [0.4, 0.5) is 5.69 Å². The predicted octanol–water partition coefficient (Wildman–Crippen LogP) is 3.42. The molecule has 0 bridgehead atoms. The third-order valence-corrected chi connectivity index (χ3v) is 4.74. The van der Waals surface area contributed by atoms with Crippen LogP contribution in [0, 0.1) is 13.8 Å². The summed E-state index contributed by atoms with van der Waals surface area (Å²) in [5.74, 6) is -0.517. The van der Waals surface area contributed by atoms with Gasteiger partial charge in [-0.2, -0.15) is 0 Å². The number of likely N-dealkylation sites (N-methyl/N-ethyl adjacent to an activating group) is 1. The maximum atomic E-state index is 12.2. The average Bonchev–Trinajstić information content (AvgIpc) is 2.91. The summed E-state index contributed by atoms with van der Waals surface area (Å²) >= 11 is 1.58. The summed E-state index contributed by atoms with van der Waals surface area (Å²) in [7, 11) is 1.57. The van der Waals surface area contributed by atoms with Gasteiger partial charge in [-0.3, -0.25) is 14.4 Å². The van der Waals surface area contributed by atoms with Crippen LogP contribution in [0.3, 0.4) is 0 Å². The van der Waals surface area contributed by atoms with Gasteiger partial charge in [0.25, 0.3) is 0 Å². The van der Waals surface area contributed by atoms with Crippen molar-refractivity contribution < 1.29 is 14.4 Å². The number of amides is 2. The van der Waals surface area contributed by atoms with Gasteiger partial charge in [-0.05, 0) is 32.0 Å². The maximum Gasteiger partial charge on any atom is 0.243 e. The first-order valence-electron chi connectivity index (χ1n) is 8.06. The summed E-state index contributed by atoms with van der Waals surface area (Å²) in [6, 6.07) is 10.9. The number of aryl methyl sites for hydroxylation is 2. The van der Waals surface area contributed by atoms with Gasteiger partial charge >= 0.3 is 0 Å². The molecule has 1 heterocycles. The number of rotatable bonds is 7. The molecule has 5 nitrogen and oxygen atoms in total. The van der Waals surface area contributed by atoms with Gasteiger partial charge in [0.05, 0.1) is 6.54 Å². The van der Waals surface area contributed by atoms with Crippen LogP contribution >= 0.6 is 11.3 Å². The fraction of sp³-hybridized carbons (Fsp3) is 0.316. The van der Waals surface area contributed by atoms with E-state index in [4.69, 9.17) is 0 Å². The van der Waals surface area contributed by atoms with E-state index in [2.05, 4.69) is 5.32 Å². The van der Waals surface area contributed by atoms with E-state index in [9.17, 15) is 14.4 Å². The number of anilines is 1. The summed E-state index contributed by atoms with van der Waals surface area (Å²) in [5.41, 5.74) is 1.38. The summed E-state index contributed by atoms with van der Waals surface area (Å²) in [6.07, 6.45) is 0.253. The zero-order chi connectivity index (χ0) is 18.4. The van der Waals surface area contributed by atoms with E-state index in [1.54, 1.807) is 30.5 Å². The molecule has 1 aromatic heterocycles.